The van der Waals surface area contributed by atoms with E-state index in [1.54, 1.807) is 7.05 Å². The second-order valence-electron chi connectivity index (χ2n) is 3.17. The molecule has 1 N–H and O–H groups in total. The highest BCUT2D eigenvalue weighted by molar-refractivity contribution is 7.71. The van der Waals surface area contributed by atoms with Gasteiger partial charge in [-0.25, -0.2) is 13.2 Å². The highest BCUT2D eigenvalue weighted by Crippen LogP contribution is 2.21. The first-order valence-electron chi connectivity index (χ1n) is 4.27. The monoisotopic (exact) mass is 245 g/mol. The fourth-order valence-electron chi connectivity index (χ4n) is 1.29. The molecule has 0 aliphatic carbocycles. The van der Waals surface area contributed by atoms with Gasteiger partial charge in [-0.2, -0.15) is 5.10 Å². The molecular formula is C9H6F3N3S. The van der Waals surface area contributed by atoms with Crippen molar-refractivity contribution in [3.05, 3.63) is 34.4 Å². The maximum Gasteiger partial charge on any atom is 0.195 e. The SMILES string of the molecule is Cn1c(-c2cc(F)c(F)c(F)c2)n[nH]c1=S. The summed E-state index contributed by atoms with van der Waals surface area (Å²) in [6, 6.07) is 1.73. The van der Waals surface area contributed by atoms with E-state index in [2.05, 4.69) is 10.2 Å². The lowest BCUT2D eigenvalue weighted by Gasteiger charge is -2.02. The van der Waals surface area contributed by atoms with Gasteiger partial charge in [0, 0.05) is 12.6 Å². The van der Waals surface area contributed by atoms with Crippen molar-refractivity contribution in [1.82, 2.24) is 14.8 Å². The molecule has 7 heteroatoms. The van der Waals surface area contributed by atoms with E-state index >= 15 is 0 Å². The van der Waals surface area contributed by atoms with Crippen LogP contribution in [-0.2, 0) is 7.05 Å². The van der Waals surface area contributed by atoms with Crippen LogP contribution in [-0.4, -0.2) is 14.8 Å². The zero-order valence-corrected chi connectivity index (χ0v) is 8.91. The van der Waals surface area contributed by atoms with Gasteiger partial charge < -0.3 is 4.57 Å². The summed E-state index contributed by atoms with van der Waals surface area (Å²) in [6.07, 6.45) is 0. The molecule has 0 spiro atoms. The quantitative estimate of drug-likeness (QED) is 0.618. The molecule has 0 aliphatic rings. The van der Waals surface area contributed by atoms with E-state index < -0.39 is 17.5 Å². The normalized spacial score (nSPS) is 10.8. The molecule has 0 unspecified atom stereocenters. The van der Waals surface area contributed by atoms with Crippen LogP contribution in [0.3, 0.4) is 0 Å². The topological polar surface area (TPSA) is 33.6 Å². The van der Waals surface area contributed by atoms with Gasteiger partial charge in [0.1, 0.15) is 0 Å². The molecule has 0 atom stereocenters. The Morgan fingerprint density at radius 1 is 1.25 bits per heavy atom. The molecule has 0 amide bonds. The van der Waals surface area contributed by atoms with Crippen molar-refractivity contribution in [1.29, 1.82) is 0 Å². The van der Waals surface area contributed by atoms with Gasteiger partial charge in [-0.1, -0.05) is 0 Å². The van der Waals surface area contributed by atoms with Crippen LogP contribution < -0.4 is 0 Å². The van der Waals surface area contributed by atoms with Crippen molar-refractivity contribution >= 4 is 12.2 Å². The Morgan fingerprint density at radius 2 is 1.81 bits per heavy atom. The summed E-state index contributed by atoms with van der Waals surface area (Å²) in [4.78, 5) is 0. The smallest absolute Gasteiger partial charge is 0.195 e. The van der Waals surface area contributed by atoms with Crippen LogP contribution in [0.4, 0.5) is 13.2 Å². The summed E-state index contributed by atoms with van der Waals surface area (Å²) in [5.41, 5.74) is 0.117. The molecule has 0 saturated heterocycles. The zero-order chi connectivity index (χ0) is 11.9. The zero-order valence-electron chi connectivity index (χ0n) is 8.09. The molecular weight excluding hydrogens is 239 g/mol. The highest BCUT2D eigenvalue weighted by Gasteiger charge is 2.14. The van der Waals surface area contributed by atoms with Crippen molar-refractivity contribution in [3.8, 4) is 11.4 Å². The van der Waals surface area contributed by atoms with Gasteiger partial charge in [0.25, 0.3) is 0 Å². The summed E-state index contributed by atoms with van der Waals surface area (Å²) in [7, 11) is 1.58. The van der Waals surface area contributed by atoms with Crippen LogP contribution in [0.25, 0.3) is 11.4 Å². The first kappa shape index (κ1) is 10.9. The summed E-state index contributed by atoms with van der Waals surface area (Å²) in [6.45, 7) is 0. The van der Waals surface area contributed by atoms with E-state index in [0.29, 0.717) is 4.77 Å². The number of H-pyrrole nitrogens is 1. The molecule has 0 aliphatic heterocycles. The van der Waals surface area contributed by atoms with Crippen LogP contribution in [0.5, 0.6) is 0 Å². The van der Waals surface area contributed by atoms with Crippen molar-refractivity contribution in [2.24, 2.45) is 7.05 Å². The second kappa shape index (κ2) is 3.75. The molecule has 2 rings (SSSR count). The first-order chi connectivity index (χ1) is 7.50. The minimum atomic E-state index is -1.50. The van der Waals surface area contributed by atoms with Crippen molar-refractivity contribution in [2.45, 2.75) is 0 Å². The Morgan fingerprint density at radius 3 is 2.25 bits per heavy atom. The Kier molecular flexibility index (Phi) is 2.55. The van der Waals surface area contributed by atoms with Crippen LogP contribution in [0, 0.1) is 22.2 Å². The maximum atomic E-state index is 13.0. The van der Waals surface area contributed by atoms with Gasteiger partial charge >= 0.3 is 0 Å². The molecule has 1 aromatic carbocycles. The van der Waals surface area contributed by atoms with Crippen LogP contribution in [0.2, 0.25) is 0 Å². The number of hydrogen-bond donors (Lipinski definition) is 1. The number of benzene rings is 1. The molecule has 1 aromatic heterocycles. The van der Waals surface area contributed by atoms with E-state index in [1.807, 2.05) is 0 Å². The number of hydrogen-bond acceptors (Lipinski definition) is 2. The minimum absolute atomic E-state index is 0.117. The minimum Gasteiger partial charge on any atom is -0.303 e. The van der Waals surface area contributed by atoms with E-state index in [-0.39, 0.29) is 11.4 Å². The number of rotatable bonds is 1. The summed E-state index contributed by atoms with van der Waals surface area (Å²) >= 11 is 4.85. The van der Waals surface area contributed by atoms with Gasteiger partial charge in [-0.15, -0.1) is 0 Å². The number of nitrogens with one attached hydrogen (secondary N) is 1. The molecule has 84 valence electrons. The molecule has 0 saturated carbocycles. The predicted molar refractivity (Wildman–Crippen MR) is 53.7 cm³/mol. The van der Waals surface area contributed by atoms with Gasteiger partial charge in [-0.05, 0) is 24.4 Å². The third-order valence-electron chi connectivity index (χ3n) is 2.12. The molecule has 3 nitrogen and oxygen atoms in total. The Balaban J connectivity index is 2.66. The second-order valence-corrected chi connectivity index (χ2v) is 3.55. The van der Waals surface area contributed by atoms with E-state index in [1.165, 1.54) is 4.57 Å². The van der Waals surface area contributed by atoms with Crippen LogP contribution in [0.1, 0.15) is 0 Å². The average Bonchev–Trinajstić information content (AvgIpc) is 2.56. The molecule has 1 heterocycles. The molecule has 16 heavy (non-hydrogen) atoms. The fourth-order valence-corrected chi connectivity index (χ4v) is 1.42. The number of aromatic amines is 1. The van der Waals surface area contributed by atoms with Gasteiger partial charge in [0.05, 0.1) is 0 Å². The van der Waals surface area contributed by atoms with E-state index in [4.69, 9.17) is 12.2 Å². The lowest BCUT2D eigenvalue weighted by Crippen LogP contribution is -1.97. The third kappa shape index (κ3) is 1.63. The Labute approximate surface area is 93.5 Å². The molecule has 0 fully saturated rings. The number of aromatic nitrogens is 3. The summed E-state index contributed by atoms with van der Waals surface area (Å²) in [5, 5.41) is 6.25. The van der Waals surface area contributed by atoms with Crippen molar-refractivity contribution in [2.75, 3.05) is 0 Å². The van der Waals surface area contributed by atoms with Crippen molar-refractivity contribution < 1.29 is 13.2 Å². The first-order valence-corrected chi connectivity index (χ1v) is 4.68. The standard InChI is InChI=1S/C9H6F3N3S/c1-15-8(13-14-9(15)16)4-2-5(10)7(12)6(11)3-4/h2-3H,1H3,(H,14,16). The van der Waals surface area contributed by atoms with Crippen LogP contribution in [0.15, 0.2) is 12.1 Å². The van der Waals surface area contributed by atoms with Gasteiger partial charge in [-0.3, -0.25) is 5.10 Å². The van der Waals surface area contributed by atoms with Gasteiger partial charge in [0.15, 0.2) is 28.0 Å². The molecule has 0 radical (unpaired) electrons. The molecule has 0 bridgehead atoms. The largest absolute Gasteiger partial charge is 0.303 e. The van der Waals surface area contributed by atoms with Crippen molar-refractivity contribution in [3.63, 3.8) is 0 Å². The Hall–Kier alpha value is -1.63. The Bertz CT molecular complexity index is 579. The van der Waals surface area contributed by atoms with E-state index in [0.717, 1.165) is 12.1 Å². The lowest BCUT2D eigenvalue weighted by atomic mass is 10.2. The molecule has 2 aromatic rings. The highest BCUT2D eigenvalue weighted by atomic mass is 32.1. The summed E-state index contributed by atoms with van der Waals surface area (Å²) in [5.74, 6) is -3.78. The van der Waals surface area contributed by atoms with E-state index in [9.17, 15) is 13.2 Å². The maximum absolute atomic E-state index is 13.0. The number of nitrogens with zero attached hydrogens (tertiary/aromatic N) is 2. The summed E-state index contributed by atoms with van der Waals surface area (Å²) < 4.78 is 40.4. The number of halogens is 3. The fraction of sp³-hybridized carbons (Fsp3) is 0.111. The lowest BCUT2D eigenvalue weighted by molar-refractivity contribution is 0.447. The third-order valence-corrected chi connectivity index (χ3v) is 2.49. The van der Waals surface area contributed by atoms with Gasteiger partial charge in [0.2, 0.25) is 0 Å². The average molecular weight is 245 g/mol. The predicted octanol–water partition coefficient (Wildman–Crippen LogP) is 2.56. The van der Waals surface area contributed by atoms with Crippen LogP contribution >= 0.6 is 12.2 Å².